The van der Waals surface area contributed by atoms with Gasteiger partial charge in [0.2, 0.25) is 5.91 Å². The van der Waals surface area contributed by atoms with Gasteiger partial charge in [-0.15, -0.1) is 5.92 Å². The highest BCUT2D eigenvalue weighted by molar-refractivity contribution is 5.75. The van der Waals surface area contributed by atoms with Crippen molar-refractivity contribution >= 4 is 5.91 Å². The summed E-state index contributed by atoms with van der Waals surface area (Å²) in [6, 6.07) is 0. The van der Waals surface area contributed by atoms with Crippen LogP contribution in [0.25, 0.3) is 0 Å². The van der Waals surface area contributed by atoms with Crippen LogP contribution < -0.4 is 5.32 Å². The van der Waals surface area contributed by atoms with Crippen LogP contribution in [0.2, 0.25) is 0 Å². The average molecular weight is 237 g/mol. The quantitative estimate of drug-likeness (QED) is 0.589. The number of unbranched alkanes of at least 4 members (excludes halogenated alkanes) is 1. The van der Waals surface area contributed by atoms with Gasteiger partial charge in [0, 0.05) is 24.8 Å². The second kappa shape index (κ2) is 6.69. The van der Waals surface area contributed by atoms with Crippen LogP contribution in [0.5, 0.6) is 0 Å². The number of nitrogens with one attached hydrogen (secondary N) is 1. The van der Waals surface area contributed by atoms with E-state index in [1.807, 2.05) is 0 Å². The third-order valence-corrected chi connectivity index (χ3v) is 1.98. The van der Waals surface area contributed by atoms with Crippen molar-refractivity contribution < 1.29 is 4.79 Å². The van der Waals surface area contributed by atoms with E-state index in [1.165, 1.54) is 0 Å². The Labute approximate surface area is 107 Å². The number of rotatable bonds is 4. The van der Waals surface area contributed by atoms with Crippen LogP contribution in [0.4, 0.5) is 0 Å². The molecule has 0 heterocycles. The highest BCUT2D eigenvalue weighted by Crippen LogP contribution is 2.11. The molecule has 0 aromatic heterocycles. The molecule has 0 saturated heterocycles. The Balaban J connectivity index is 3.69. The standard InChI is InChI=1S/C15H27NO/c1-14(2,3)11-9-7-8-10-13(17)16-12-15(4,5)6/h7-8,10,12H2,1-6H3,(H,16,17). The van der Waals surface area contributed by atoms with Crippen LogP contribution in [0, 0.1) is 22.7 Å². The molecule has 0 radical (unpaired) electrons. The van der Waals surface area contributed by atoms with E-state index in [-0.39, 0.29) is 16.7 Å². The maximum Gasteiger partial charge on any atom is 0.220 e. The van der Waals surface area contributed by atoms with Crippen LogP contribution >= 0.6 is 0 Å². The number of carbonyl (C=O) groups is 1. The summed E-state index contributed by atoms with van der Waals surface area (Å²) in [5.74, 6) is 6.43. The summed E-state index contributed by atoms with van der Waals surface area (Å²) in [5.41, 5.74) is 0.218. The minimum Gasteiger partial charge on any atom is -0.356 e. The first-order chi connectivity index (χ1) is 7.60. The summed E-state index contributed by atoms with van der Waals surface area (Å²) in [4.78, 5) is 11.5. The predicted octanol–water partition coefficient (Wildman–Crippen LogP) is 3.37. The zero-order chi connectivity index (χ0) is 13.5. The first-order valence-corrected chi connectivity index (χ1v) is 6.37. The molecule has 0 aromatic carbocycles. The lowest BCUT2D eigenvalue weighted by Gasteiger charge is -2.18. The van der Waals surface area contributed by atoms with Gasteiger partial charge in [0.25, 0.3) is 0 Å². The Morgan fingerprint density at radius 2 is 1.71 bits per heavy atom. The van der Waals surface area contributed by atoms with Gasteiger partial charge in [-0.1, -0.05) is 26.7 Å². The van der Waals surface area contributed by atoms with Crippen molar-refractivity contribution in [1.82, 2.24) is 5.32 Å². The zero-order valence-corrected chi connectivity index (χ0v) is 12.2. The van der Waals surface area contributed by atoms with E-state index in [0.717, 1.165) is 19.4 Å². The monoisotopic (exact) mass is 237 g/mol. The number of hydrogen-bond acceptors (Lipinski definition) is 1. The molecule has 0 bridgehead atoms. The predicted molar refractivity (Wildman–Crippen MR) is 73.5 cm³/mol. The highest BCUT2D eigenvalue weighted by atomic mass is 16.1. The fourth-order valence-electron chi connectivity index (χ4n) is 1.12. The molecular formula is C15H27NO. The summed E-state index contributed by atoms with van der Waals surface area (Å²) < 4.78 is 0. The minimum absolute atomic E-state index is 0.0640. The third-order valence-electron chi connectivity index (χ3n) is 1.98. The molecule has 0 aliphatic carbocycles. The fraction of sp³-hybridized carbons (Fsp3) is 0.800. The Morgan fingerprint density at radius 3 is 2.18 bits per heavy atom. The Kier molecular flexibility index (Phi) is 6.31. The summed E-state index contributed by atoms with van der Waals surface area (Å²) in [6.07, 6.45) is 2.23. The normalized spacial score (nSPS) is 11.6. The second-order valence-electron chi connectivity index (χ2n) is 6.74. The summed E-state index contributed by atoms with van der Waals surface area (Å²) in [5, 5.41) is 2.94. The second-order valence-corrected chi connectivity index (χ2v) is 6.74. The molecule has 1 amide bonds. The van der Waals surface area contributed by atoms with Gasteiger partial charge in [0.05, 0.1) is 0 Å². The number of hydrogen-bond donors (Lipinski definition) is 1. The lowest BCUT2D eigenvalue weighted by molar-refractivity contribution is -0.121. The van der Waals surface area contributed by atoms with Gasteiger partial charge in [-0.3, -0.25) is 4.79 Å². The van der Waals surface area contributed by atoms with Gasteiger partial charge in [-0.2, -0.15) is 0 Å². The molecule has 2 heteroatoms. The summed E-state index contributed by atoms with van der Waals surface area (Å²) in [6.45, 7) is 13.4. The molecule has 0 rings (SSSR count). The van der Waals surface area contributed by atoms with Crippen molar-refractivity contribution in [2.24, 2.45) is 10.8 Å². The smallest absolute Gasteiger partial charge is 0.220 e. The molecule has 0 aliphatic heterocycles. The van der Waals surface area contributed by atoms with Crippen molar-refractivity contribution in [3.63, 3.8) is 0 Å². The van der Waals surface area contributed by atoms with E-state index in [9.17, 15) is 4.79 Å². The largest absolute Gasteiger partial charge is 0.356 e. The fourth-order valence-corrected chi connectivity index (χ4v) is 1.12. The minimum atomic E-state index is 0.0640. The Hall–Kier alpha value is -0.970. The van der Waals surface area contributed by atoms with Crippen molar-refractivity contribution in [1.29, 1.82) is 0 Å². The van der Waals surface area contributed by atoms with Gasteiger partial charge in [0.1, 0.15) is 0 Å². The van der Waals surface area contributed by atoms with Crippen LogP contribution in [-0.2, 0) is 4.79 Å². The van der Waals surface area contributed by atoms with E-state index in [4.69, 9.17) is 0 Å². The Bertz CT molecular complexity index is 294. The molecule has 17 heavy (non-hydrogen) atoms. The molecule has 0 aliphatic rings. The summed E-state index contributed by atoms with van der Waals surface area (Å²) >= 11 is 0. The van der Waals surface area contributed by atoms with Crippen molar-refractivity contribution in [2.75, 3.05) is 6.54 Å². The topological polar surface area (TPSA) is 29.1 Å². The van der Waals surface area contributed by atoms with Crippen molar-refractivity contribution in [2.45, 2.75) is 60.8 Å². The molecule has 98 valence electrons. The van der Waals surface area contributed by atoms with E-state index >= 15 is 0 Å². The third kappa shape index (κ3) is 13.0. The first kappa shape index (κ1) is 16.0. The first-order valence-electron chi connectivity index (χ1n) is 6.37. The molecule has 0 unspecified atom stereocenters. The molecule has 0 aromatic rings. The van der Waals surface area contributed by atoms with Crippen LogP contribution in [0.3, 0.4) is 0 Å². The van der Waals surface area contributed by atoms with Gasteiger partial charge in [-0.25, -0.2) is 0 Å². The maximum atomic E-state index is 11.5. The number of amides is 1. The number of carbonyl (C=O) groups excluding carboxylic acids is 1. The highest BCUT2D eigenvalue weighted by Gasteiger charge is 2.11. The van der Waals surface area contributed by atoms with E-state index < -0.39 is 0 Å². The SMILES string of the molecule is CC(C)(C)C#CCCCC(=O)NCC(C)(C)C. The molecule has 2 nitrogen and oxygen atoms in total. The van der Waals surface area contributed by atoms with E-state index in [2.05, 4.69) is 58.7 Å². The van der Waals surface area contributed by atoms with Gasteiger partial charge in [-0.05, 0) is 32.6 Å². The molecule has 0 spiro atoms. The van der Waals surface area contributed by atoms with Crippen LogP contribution in [0.1, 0.15) is 60.8 Å². The molecule has 1 N–H and O–H groups in total. The molecule has 0 atom stereocenters. The van der Waals surface area contributed by atoms with E-state index in [1.54, 1.807) is 0 Å². The van der Waals surface area contributed by atoms with Gasteiger partial charge < -0.3 is 5.32 Å². The van der Waals surface area contributed by atoms with Gasteiger partial charge in [0.15, 0.2) is 0 Å². The van der Waals surface area contributed by atoms with Crippen molar-refractivity contribution in [3.8, 4) is 11.8 Å². The summed E-state index contributed by atoms with van der Waals surface area (Å²) in [7, 11) is 0. The molecular weight excluding hydrogens is 210 g/mol. The van der Waals surface area contributed by atoms with Crippen molar-refractivity contribution in [3.05, 3.63) is 0 Å². The Morgan fingerprint density at radius 1 is 1.12 bits per heavy atom. The lowest BCUT2D eigenvalue weighted by Crippen LogP contribution is -2.31. The van der Waals surface area contributed by atoms with Crippen LogP contribution in [-0.4, -0.2) is 12.5 Å². The average Bonchev–Trinajstić information content (AvgIpc) is 2.11. The molecule has 0 fully saturated rings. The maximum absolute atomic E-state index is 11.5. The van der Waals surface area contributed by atoms with E-state index in [0.29, 0.717) is 6.42 Å². The molecule has 0 saturated carbocycles. The lowest BCUT2D eigenvalue weighted by atomic mass is 9.97. The van der Waals surface area contributed by atoms with Crippen LogP contribution in [0.15, 0.2) is 0 Å². The zero-order valence-electron chi connectivity index (χ0n) is 12.2. The van der Waals surface area contributed by atoms with Gasteiger partial charge >= 0.3 is 0 Å².